The Bertz CT molecular complexity index is 1180. The molecule has 0 saturated carbocycles. The van der Waals surface area contributed by atoms with Crippen molar-refractivity contribution in [3.05, 3.63) is 101 Å². The van der Waals surface area contributed by atoms with Gasteiger partial charge in [0.05, 0.1) is 16.6 Å². The normalized spacial score (nSPS) is 11.8. The number of nitrogens with zero attached hydrogens (tertiary/aromatic N) is 2. The van der Waals surface area contributed by atoms with Crippen LogP contribution in [0.5, 0.6) is 5.75 Å². The summed E-state index contributed by atoms with van der Waals surface area (Å²) in [4.78, 5) is 12.9. The van der Waals surface area contributed by atoms with Crippen molar-refractivity contribution in [2.75, 3.05) is 0 Å². The Balaban J connectivity index is 1.48. The van der Waals surface area contributed by atoms with Crippen LogP contribution in [0.25, 0.3) is 5.69 Å². The summed E-state index contributed by atoms with van der Waals surface area (Å²) in [6.07, 6.45) is 3.96. The first kappa shape index (κ1) is 20.8. The molecule has 0 bridgehead atoms. The van der Waals surface area contributed by atoms with Crippen LogP contribution in [0.1, 0.15) is 40.3 Å². The molecule has 0 fully saturated rings. The zero-order chi connectivity index (χ0) is 21.8. The number of rotatable bonds is 7. The molecule has 2 heterocycles. The largest absolute Gasteiger partial charge is 0.487 e. The van der Waals surface area contributed by atoms with Gasteiger partial charge >= 0.3 is 0 Å². The van der Waals surface area contributed by atoms with Gasteiger partial charge in [0.15, 0.2) is 5.69 Å². The molecule has 1 unspecified atom stereocenters. The Labute approximate surface area is 185 Å². The van der Waals surface area contributed by atoms with Gasteiger partial charge in [0.1, 0.15) is 18.1 Å². The predicted molar refractivity (Wildman–Crippen MR) is 119 cm³/mol. The van der Waals surface area contributed by atoms with E-state index in [1.54, 1.807) is 19.1 Å². The summed E-state index contributed by atoms with van der Waals surface area (Å²) < 4.78 is 13.1. The number of benzene rings is 2. The minimum absolute atomic E-state index is 0.124. The van der Waals surface area contributed by atoms with Crippen LogP contribution >= 0.6 is 11.6 Å². The van der Waals surface area contributed by atoms with Crippen molar-refractivity contribution in [3.8, 4) is 11.4 Å². The number of halogens is 1. The van der Waals surface area contributed by atoms with Crippen molar-refractivity contribution in [1.82, 2.24) is 15.0 Å². The minimum Gasteiger partial charge on any atom is -0.487 e. The molecule has 4 rings (SSSR count). The van der Waals surface area contributed by atoms with E-state index in [2.05, 4.69) is 10.5 Å². The van der Waals surface area contributed by atoms with Crippen molar-refractivity contribution < 1.29 is 14.1 Å². The number of aromatic nitrogens is 2. The van der Waals surface area contributed by atoms with E-state index in [0.29, 0.717) is 22.1 Å². The van der Waals surface area contributed by atoms with Crippen LogP contribution in [0.15, 0.2) is 77.6 Å². The molecule has 0 saturated heterocycles. The van der Waals surface area contributed by atoms with Crippen LogP contribution < -0.4 is 10.1 Å². The molecular weight excluding hydrogens is 414 g/mol. The first-order valence-corrected chi connectivity index (χ1v) is 10.3. The molecule has 0 radical (unpaired) electrons. The number of para-hydroxylation sites is 1. The molecule has 0 aliphatic heterocycles. The standard InChI is InChI=1S/C24H22ClN3O3/c1-16(18-8-7-9-19(14-18)28-12-5-6-13-28)26-24(29)23-20(17(2)31-27-23)15-30-22-11-4-3-10-21(22)25/h3-14,16H,15H2,1-2H3,(H,26,29). The molecule has 1 atom stereocenters. The lowest BCUT2D eigenvalue weighted by Crippen LogP contribution is -2.28. The van der Waals surface area contributed by atoms with Crippen LogP contribution in [-0.4, -0.2) is 15.6 Å². The molecule has 1 amide bonds. The van der Waals surface area contributed by atoms with Crippen LogP contribution in [0.4, 0.5) is 0 Å². The number of ether oxygens (including phenoxy) is 1. The highest BCUT2D eigenvalue weighted by molar-refractivity contribution is 6.32. The molecule has 6 nitrogen and oxygen atoms in total. The van der Waals surface area contributed by atoms with Crippen molar-refractivity contribution in [2.24, 2.45) is 0 Å². The van der Waals surface area contributed by atoms with Crippen molar-refractivity contribution in [2.45, 2.75) is 26.5 Å². The lowest BCUT2D eigenvalue weighted by atomic mass is 10.1. The highest BCUT2D eigenvalue weighted by Gasteiger charge is 2.22. The van der Waals surface area contributed by atoms with E-state index in [9.17, 15) is 4.79 Å². The number of carbonyl (C=O) groups is 1. The molecule has 0 aliphatic carbocycles. The lowest BCUT2D eigenvalue weighted by Gasteiger charge is -2.15. The van der Waals surface area contributed by atoms with Gasteiger partial charge in [0.2, 0.25) is 0 Å². The van der Waals surface area contributed by atoms with Crippen molar-refractivity contribution >= 4 is 17.5 Å². The number of hydrogen-bond acceptors (Lipinski definition) is 4. The Morgan fingerprint density at radius 3 is 2.71 bits per heavy atom. The van der Waals surface area contributed by atoms with Crippen LogP contribution in [0, 0.1) is 6.92 Å². The summed E-state index contributed by atoms with van der Waals surface area (Å²) in [5, 5.41) is 7.45. The summed E-state index contributed by atoms with van der Waals surface area (Å²) in [5.74, 6) is 0.735. The van der Waals surface area contributed by atoms with Gasteiger partial charge in [-0.15, -0.1) is 0 Å². The summed E-state index contributed by atoms with van der Waals surface area (Å²) >= 11 is 6.15. The topological polar surface area (TPSA) is 69.3 Å². The molecule has 0 aliphatic rings. The molecule has 0 spiro atoms. The van der Waals surface area contributed by atoms with Crippen molar-refractivity contribution in [1.29, 1.82) is 0 Å². The monoisotopic (exact) mass is 435 g/mol. The highest BCUT2D eigenvalue weighted by atomic mass is 35.5. The van der Waals surface area contributed by atoms with E-state index in [0.717, 1.165) is 11.3 Å². The average Bonchev–Trinajstić information content (AvgIpc) is 3.43. The van der Waals surface area contributed by atoms with E-state index in [-0.39, 0.29) is 24.2 Å². The second-order valence-corrected chi connectivity index (χ2v) is 7.57. The SMILES string of the molecule is Cc1onc(C(=O)NC(C)c2cccc(-n3cccc3)c2)c1COc1ccccc1Cl. The molecule has 2 aromatic heterocycles. The third-order valence-corrected chi connectivity index (χ3v) is 5.34. The van der Waals surface area contributed by atoms with Gasteiger partial charge in [0.25, 0.3) is 5.91 Å². The van der Waals surface area contributed by atoms with Gasteiger partial charge in [-0.25, -0.2) is 0 Å². The third kappa shape index (κ3) is 4.64. The van der Waals surface area contributed by atoms with Gasteiger partial charge in [-0.1, -0.05) is 41.0 Å². The van der Waals surface area contributed by atoms with E-state index in [1.807, 2.05) is 72.4 Å². The average molecular weight is 436 g/mol. The fourth-order valence-electron chi connectivity index (χ4n) is 3.26. The van der Waals surface area contributed by atoms with Gasteiger partial charge in [-0.2, -0.15) is 0 Å². The van der Waals surface area contributed by atoms with E-state index < -0.39 is 0 Å². The fourth-order valence-corrected chi connectivity index (χ4v) is 3.45. The summed E-state index contributed by atoms with van der Waals surface area (Å²) in [7, 11) is 0. The fraction of sp³-hybridized carbons (Fsp3) is 0.167. The molecule has 7 heteroatoms. The maximum atomic E-state index is 12.9. The van der Waals surface area contributed by atoms with Crippen LogP contribution in [0.2, 0.25) is 5.02 Å². The first-order chi connectivity index (χ1) is 15.0. The van der Waals surface area contributed by atoms with Gasteiger partial charge in [-0.3, -0.25) is 4.79 Å². The molecule has 2 aromatic carbocycles. The maximum Gasteiger partial charge on any atom is 0.274 e. The molecule has 31 heavy (non-hydrogen) atoms. The molecule has 158 valence electrons. The van der Waals surface area contributed by atoms with E-state index in [4.69, 9.17) is 20.9 Å². The second-order valence-electron chi connectivity index (χ2n) is 7.17. The Kier molecular flexibility index (Phi) is 6.09. The van der Waals surface area contributed by atoms with Gasteiger partial charge in [-0.05, 0) is 55.8 Å². The number of hydrogen-bond donors (Lipinski definition) is 1. The smallest absolute Gasteiger partial charge is 0.274 e. The third-order valence-electron chi connectivity index (χ3n) is 5.03. The summed E-state index contributed by atoms with van der Waals surface area (Å²) in [6.45, 7) is 3.80. The number of nitrogens with one attached hydrogen (secondary N) is 1. The number of carbonyl (C=O) groups excluding carboxylic acids is 1. The molecule has 1 N–H and O–H groups in total. The van der Waals surface area contributed by atoms with Crippen molar-refractivity contribution in [3.63, 3.8) is 0 Å². The first-order valence-electron chi connectivity index (χ1n) is 9.89. The minimum atomic E-state index is -0.325. The number of amides is 1. The van der Waals surface area contributed by atoms with E-state index >= 15 is 0 Å². The second kappa shape index (κ2) is 9.10. The zero-order valence-corrected chi connectivity index (χ0v) is 18.0. The summed E-state index contributed by atoms with van der Waals surface area (Å²) in [5.41, 5.74) is 2.80. The zero-order valence-electron chi connectivity index (χ0n) is 17.2. The molecule has 4 aromatic rings. The van der Waals surface area contributed by atoms with Crippen LogP contribution in [0.3, 0.4) is 0 Å². The Morgan fingerprint density at radius 2 is 1.94 bits per heavy atom. The maximum absolute atomic E-state index is 12.9. The Hall–Kier alpha value is -3.51. The summed E-state index contributed by atoms with van der Waals surface area (Å²) in [6, 6.07) is 18.9. The van der Waals surface area contributed by atoms with E-state index in [1.165, 1.54) is 0 Å². The van der Waals surface area contributed by atoms with Gasteiger partial charge in [0, 0.05) is 18.1 Å². The van der Waals surface area contributed by atoms with Gasteiger partial charge < -0.3 is 19.1 Å². The predicted octanol–water partition coefficient (Wildman–Crippen LogP) is 5.50. The lowest BCUT2D eigenvalue weighted by molar-refractivity contribution is 0.0928. The quantitative estimate of drug-likeness (QED) is 0.416. The number of aryl methyl sites for hydroxylation is 1. The Morgan fingerprint density at radius 1 is 1.16 bits per heavy atom. The van der Waals surface area contributed by atoms with Crippen LogP contribution in [-0.2, 0) is 6.61 Å². The molecular formula is C24H22ClN3O3. The highest BCUT2D eigenvalue weighted by Crippen LogP contribution is 2.26.